The van der Waals surface area contributed by atoms with Gasteiger partial charge in [0, 0.05) is 7.11 Å². The van der Waals surface area contributed by atoms with Gasteiger partial charge in [-0.15, -0.1) is 0 Å². The number of hydrogen-bond donors (Lipinski definition) is 25. The molecule has 8 aliphatic heterocycles. The van der Waals surface area contributed by atoms with Crippen molar-refractivity contribution in [3.05, 3.63) is 0 Å². The van der Waals surface area contributed by atoms with E-state index in [0.29, 0.717) is 0 Å². The van der Waals surface area contributed by atoms with Crippen molar-refractivity contribution in [1.29, 1.82) is 0 Å². The number of methoxy groups -OCH3 is 1. The largest absolute Gasteiger partial charge is 0.394 e. The van der Waals surface area contributed by atoms with Crippen LogP contribution in [0.3, 0.4) is 0 Å². The van der Waals surface area contributed by atoms with Gasteiger partial charge >= 0.3 is 0 Å². The molecule has 33 N–H and O–H groups in total. The summed E-state index contributed by atoms with van der Waals surface area (Å²) in [6.07, 6.45) is -51.1. The molecule has 0 aromatic heterocycles. The summed E-state index contributed by atoms with van der Waals surface area (Å²) in [5, 5.41) is 183. The van der Waals surface area contributed by atoms with Crippen molar-refractivity contribution in [2.24, 2.45) is 45.9 Å². The second-order valence-corrected chi connectivity index (χ2v) is 23.3. The number of rotatable bonds is 23. The lowest BCUT2D eigenvalue weighted by atomic mass is 9.93. The molecule has 8 aliphatic rings. The van der Waals surface area contributed by atoms with Crippen molar-refractivity contribution >= 4 is 0 Å². The molecule has 0 aliphatic carbocycles. The van der Waals surface area contributed by atoms with Crippen molar-refractivity contribution in [2.75, 3.05) is 60.0 Å². The lowest BCUT2D eigenvalue weighted by Crippen LogP contribution is -2.71. The average molecular weight is 1320 g/mol. The first kappa shape index (κ1) is 74.2. The molecule has 41 heteroatoms. The zero-order valence-corrected chi connectivity index (χ0v) is 48.5. The zero-order valence-electron chi connectivity index (χ0n) is 48.5. The van der Waals surface area contributed by atoms with E-state index in [0.717, 1.165) is 0 Å². The second kappa shape index (κ2) is 32.1. The van der Waals surface area contributed by atoms with Crippen LogP contribution in [0.2, 0.25) is 0 Å². The first-order valence-corrected chi connectivity index (χ1v) is 29.2. The Bertz CT molecular complexity index is 2170. The van der Waals surface area contributed by atoms with Crippen LogP contribution < -0.4 is 45.9 Å². The first-order chi connectivity index (χ1) is 42.8. The number of aliphatic hydroxyl groups excluding tert-OH is 17. The third-order valence-electron chi connectivity index (χ3n) is 17.5. The number of aliphatic hydroxyl groups is 17. The van der Waals surface area contributed by atoms with E-state index in [1.807, 2.05) is 0 Å². The van der Waals surface area contributed by atoms with E-state index in [2.05, 4.69) is 0 Å². The highest BCUT2D eigenvalue weighted by atomic mass is 16.8. The van der Waals surface area contributed by atoms with Gasteiger partial charge in [0.15, 0.2) is 50.3 Å². The molecule has 90 heavy (non-hydrogen) atoms. The summed E-state index contributed by atoms with van der Waals surface area (Å²) < 4.78 is 92.9. The van der Waals surface area contributed by atoms with Gasteiger partial charge in [0.1, 0.15) is 146 Å². The zero-order chi connectivity index (χ0) is 66.1. The van der Waals surface area contributed by atoms with Crippen molar-refractivity contribution in [3.8, 4) is 0 Å². The van der Waals surface area contributed by atoms with Crippen LogP contribution in [-0.2, 0) is 75.8 Å². The molecule has 41 nitrogen and oxygen atoms in total. The molecule has 8 heterocycles. The predicted octanol–water partition coefficient (Wildman–Crippen LogP) is -18.1. The highest BCUT2D eigenvalue weighted by Gasteiger charge is 2.58. The molecule has 0 bridgehead atoms. The summed E-state index contributed by atoms with van der Waals surface area (Å²) in [7, 11) is 1.27. The van der Waals surface area contributed by atoms with E-state index in [9.17, 15) is 86.8 Å². The van der Waals surface area contributed by atoms with Gasteiger partial charge in [-0.25, -0.2) is 0 Å². The molecule has 0 saturated carbocycles. The third kappa shape index (κ3) is 15.1. The van der Waals surface area contributed by atoms with E-state index in [-0.39, 0.29) is 0 Å². The molecule has 0 amide bonds. The van der Waals surface area contributed by atoms with Gasteiger partial charge in [0.05, 0.1) is 101 Å². The van der Waals surface area contributed by atoms with E-state index < -0.39 is 298 Å². The van der Waals surface area contributed by atoms with Gasteiger partial charge in [0.25, 0.3) is 0 Å². The molecule has 8 rings (SSSR count). The number of ether oxygens (including phenoxy) is 16. The molecular formula is C49H92N8O33. The summed E-state index contributed by atoms with van der Waals surface area (Å²) in [4.78, 5) is 0. The van der Waals surface area contributed by atoms with Crippen LogP contribution in [0, 0.1) is 0 Å². The van der Waals surface area contributed by atoms with Crippen molar-refractivity contribution in [3.63, 3.8) is 0 Å². The van der Waals surface area contributed by atoms with Crippen molar-refractivity contribution in [1.82, 2.24) is 0 Å². The van der Waals surface area contributed by atoms with E-state index in [4.69, 9.17) is 122 Å². The number of hydrogen-bond acceptors (Lipinski definition) is 41. The Kier molecular flexibility index (Phi) is 26.5. The van der Waals surface area contributed by atoms with Gasteiger partial charge in [-0.2, -0.15) is 0 Å². The Hall–Kier alpha value is -1.64. The van der Waals surface area contributed by atoms with Crippen molar-refractivity contribution in [2.45, 2.75) is 245 Å². The molecule has 0 spiro atoms. The lowest BCUT2D eigenvalue weighted by Gasteiger charge is -2.51. The second-order valence-electron chi connectivity index (χ2n) is 23.3. The molecule has 0 aromatic carbocycles. The minimum absolute atomic E-state index is 0.669. The predicted molar refractivity (Wildman–Crippen MR) is 285 cm³/mol. The maximum atomic E-state index is 11.6. The topological polar surface area (TPSA) is 700 Å². The summed E-state index contributed by atoms with van der Waals surface area (Å²) in [5.41, 5.74) is 50.2. The Balaban J connectivity index is 0.849. The van der Waals surface area contributed by atoms with E-state index in [1.165, 1.54) is 7.11 Å². The smallest absolute Gasteiger partial charge is 0.176 e. The van der Waals surface area contributed by atoms with Gasteiger partial charge in [-0.1, -0.05) is 0 Å². The standard InChI is InChI=1S/C49H92N8O33/c1-75-42-19(51)28(68)35(11(3-59)77-42)85-44-21(53)30(70)37(13(5-61)79-44)87-46-23(55)32(72)39(15(7-63)81-46)89-48-25(57)34(74)41(17(9-65)83-48)90-49-24(56)33(73)40(16(8-64)82-49)88-47-22(54)31(71)38(14(6-62)80-47)86-45-20(52)29(69)36(12(4-60)78-45)84-43-18(50)27(67)26(66)10(2-58)76-43/h10-49,58-74H,2-9,50-57H2,1H3/t10?,11?,12?,13?,14?,15?,16?,17?,18-,19+,20+,21-,22-,23+,24+,25-,26?,27-,28?,29?,30-,31-,32?,33?,34-,35-,36-,37?,38?,39-,40-,41?,42+,43?,44?,45-,46-,47?,48?,49-/m1/s1. The van der Waals surface area contributed by atoms with Crippen LogP contribution in [0.25, 0.3) is 0 Å². The van der Waals surface area contributed by atoms with Crippen molar-refractivity contribution < 1.29 is 163 Å². The van der Waals surface area contributed by atoms with Crippen LogP contribution >= 0.6 is 0 Å². The molecule has 8 saturated heterocycles. The first-order valence-electron chi connectivity index (χ1n) is 29.2. The molecule has 20 unspecified atom stereocenters. The Morgan fingerprint density at radius 3 is 0.533 bits per heavy atom. The van der Waals surface area contributed by atoms with Crippen LogP contribution in [0.15, 0.2) is 0 Å². The summed E-state index contributed by atoms with van der Waals surface area (Å²) >= 11 is 0. The maximum absolute atomic E-state index is 11.6. The minimum Gasteiger partial charge on any atom is -0.394 e. The molecule has 526 valence electrons. The van der Waals surface area contributed by atoms with Gasteiger partial charge in [-0.3, -0.25) is 0 Å². The van der Waals surface area contributed by atoms with Crippen LogP contribution in [0.4, 0.5) is 0 Å². The highest BCUT2D eigenvalue weighted by Crippen LogP contribution is 2.38. The van der Waals surface area contributed by atoms with Gasteiger partial charge in [0.2, 0.25) is 0 Å². The molecule has 0 aromatic rings. The normalized spacial score (nSPS) is 53.1. The molecular weight excluding hydrogens is 1230 g/mol. The van der Waals surface area contributed by atoms with Gasteiger partial charge < -0.3 is 208 Å². The summed E-state index contributed by atoms with van der Waals surface area (Å²) in [6.45, 7) is -6.77. The van der Waals surface area contributed by atoms with E-state index >= 15 is 0 Å². The van der Waals surface area contributed by atoms with E-state index in [1.54, 1.807) is 0 Å². The lowest BCUT2D eigenvalue weighted by molar-refractivity contribution is -0.370. The fourth-order valence-electron chi connectivity index (χ4n) is 12.0. The van der Waals surface area contributed by atoms with Gasteiger partial charge in [-0.05, 0) is 0 Å². The highest BCUT2D eigenvalue weighted by molar-refractivity contribution is 5.04. The fraction of sp³-hybridized carbons (Fsp3) is 1.00. The molecule has 0 radical (unpaired) electrons. The van der Waals surface area contributed by atoms with Crippen LogP contribution in [-0.4, -0.2) is 392 Å². The quantitative estimate of drug-likeness (QED) is 0.0452. The summed E-state index contributed by atoms with van der Waals surface area (Å²) in [5.74, 6) is 0. The Morgan fingerprint density at radius 2 is 0.367 bits per heavy atom. The van der Waals surface area contributed by atoms with Crippen LogP contribution in [0.1, 0.15) is 0 Å². The number of nitrogens with two attached hydrogens (primary N) is 8. The monoisotopic (exact) mass is 1320 g/mol. The Morgan fingerprint density at radius 1 is 0.222 bits per heavy atom. The van der Waals surface area contributed by atoms with Crippen LogP contribution in [0.5, 0.6) is 0 Å². The summed E-state index contributed by atoms with van der Waals surface area (Å²) in [6, 6.07) is -12.1. The average Bonchev–Trinajstić information content (AvgIpc) is 0.930. The third-order valence-corrected chi connectivity index (χ3v) is 17.5. The SMILES string of the molecule is CO[C@H]1OC(CO)[C@@H](OC2OC(CO)C(O[C@H]3OC(CO)[C@@H](OC4OC(CO)C(O[C@H]5OC(CO)[C@@H](OC6OC(CO)C(O[C@H]7OC(CO)[C@@H](OC8OC(CO)C(O)[C@H](O)[C@H]8N)C(O)[C@@H]7N)[C@H](O)[C@H]6N)C(O)[C@@H]5N)[C@H](O)[C@H]4N)C(O)[C@@H]3N)[C@H](O)[C@H]2N)C(O)[C@@H]1N. The minimum atomic E-state index is -1.86. The Labute approximate surface area is 512 Å². The fourth-order valence-corrected chi connectivity index (χ4v) is 12.0. The maximum Gasteiger partial charge on any atom is 0.176 e. The molecule has 8 fully saturated rings. The molecule has 40 atom stereocenters.